The first-order chi connectivity index (χ1) is 11.5. The summed E-state index contributed by atoms with van der Waals surface area (Å²) < 4.78 is 1.50. The second-order valence-corrected chi connectivity index (χ2v) is 6.02. The van der Waals surface area contributed by atoms with Gasteiger partial charge in [0, 0.05) is 25.3 Å². The number of amides is 3. The summed E-state index contributed by atoms with van der Waals surface area (Å²) in [6, 6.07) is 6.12. The fraction of sp³-hybridized carbons (Fsp3) is 0.333. The Kier molecular flexibility index (Phi) is 6.33. The summed E-state index contributed by atoms with van der Waals surface area (Å²) in [5.74, 6) is -0.150. The van der Waals surface area contributed by atoms with Crippen LogP contribution in [0, 0.1) is 0 Å². The second kappa shape index (κ2) is 8.46. The van der Waals surface area contributed by atoms with E-state index in [0.717, 1.165) is 0 Å². The number of thioether (sulfide) groups is 1. The van der Waals surface area contributed by atoms with E-state index in [9.17, 15) is 14.4 Å². The van der Waals surface area contributed by atoms with E-state index in [1.807, 2.05) is 5.32 Å². The molecule has 0 spiro atoms. The van der Waals surface area contributed by atoms with Gasteiger partial charge in [0.1, 0.15) is 0 Å². The average molecular weight is 350 g/mol. The summed E-state index contributed by atoms with van der Waals surface area (Å²) >= 11 is 1.24. The number of para-hydroxylation sites is 1. The molecule has 0 aliphatic carbocycles. The van der Waals surface area contributed by atoms with E-state index in [4.69, 9.17) is 10.8 Å². The number of hydrogen-bond acceptors (Lipinski definition) is 6. The molecule has 0 fully saturated rings. The number of fused-ring (bicyclic) bond motifs is 1. The number of carbonyl (C=O) groups excluding carboxylic acids is 2. The molecule has 2 aromatic rings. The molecule has 0 saturated heterocycles. The van der Waals surface area contributed by atoms with Crippen molar-refractivity contribution in [1.29, 1.82) is 0 Å². The molecular weight excluding hydrogens is 332 g/mol. The van der Waals surface area contributed by atoms with E-state index in [-0.39, 0.29) is 18.6 Å². The molecule has 0 unspecified atom stereocenters. The number of carbonyl (C=O) groups is 2. The molecule has 0 bridgehead atoms. The van der Waals surface area contributed by atoms with Crippen LogP contribution in [0.4, 0.5) is 4.79 Å². The summed E-state index contributed by atoms with van der Waals surface area (Å²) in [5.41, 5.74) is 5.27. The SMILES string of the molecule is NC(=O)NC(=O)CCSc1nc2ccccc2c(=O)n1CCCO. The summed E-state index contributed by atoms with van der Waals surface area (Å²) in [4.78, 5) is 39.1. The predicted octanol–water partition coefficient (Wildman–Crippen LogP) is 0.456. The van der Waals surface area contributed by atoms with Gasteiger partial charge in [0.15, 0.2) is 5.16 Å². The lowest BCUT2D eigenvalue weighted by atomic mass is 10.2. The van der Waals surface area contributed by atoms with Gasteiger partial charge in [0.05, 0.1) is 10.9 Å². The van der Waals surface area contributed by atoms with Gasteiger partial charge in [-0.2, -0.15) is 0 Å². The topological polar surface area (TPSA) is 127 Å². The maximum atomic E-state index is 12.6. The van der Waals surface area contributed by atoms with Gasteiger partial charge in [-0.1, -0.05) is 23.9 Å². The summed E-state index contributed by atoms with van der Waals surface area (Å²) in [6.07, 6.45) is 0.492. The van der Waals surface area contributed by atoms with Gasteiger partial charge in [-0.25, -0.2) is 9.78 Å². The van der Waals surface area contributed by atoms with Crippen molar-refractivity contribution in [2.45, 2.75) is 24.5 Å². The lowest BCUT2D eigenvalue weighted by molar-refractivity contribution is -0.119. The number of urea groups is 1. The van der Waals surface area contributed by atoms with E-state index in [1.54, 1.807) is 24.3 Å². The minimum Gasteiger partial charge on any atom is -0.396 e. The van der Waals surface area contributed by atoms with Crippen molar-refractivity contribution in [1.82, 2.24) is 14.9 Å². The predicted molar refractivity (Wildman–Crippen MR) is 90.8 cm³/mol. The Morgan fingerprint density at radius 1 is 1.33 bits per heavy atom. The van der Waals surface area contributed by atoms with Crippen LogP contribution in [-0.2, 0) is 11.3 Å². The monoisotopic (exact) mass is 350 g/mol. The smallest absolute Gasteiger partial charge is 0.318 e. The Morgan fingerprint density at radius 3 is 2.79 bits per heavy atom. The quantitative estimate of drug-likeness (QED) is 0.492. The molecule has 1 heterocycles. The van der Waals surface area contributed by atoms with Crippen molar-refractivity contribution in [3.05, 3.63) is 34.6 Å². The zero-order chi connectivity index (χ0) is 17.5. The minimum atomic E-state index is -0.895. The molecular formula is C15H18N4O4S. The molecule has 4 N–H and O–H groups in total. The fourth-order valence-electron chi connectivity index (χ4n) is 2.12. The number of benzene rings is 1. The molecule has 9 heteroatoms. The molecule has 8 nitrogen and oxygen atoms in total. The normalized spacial score (nSPS) is 10.7. The number of aliphatic hydroxyl groups is 1. The van der Waals surface area contributed by atoms with E-state index in [1.165, 1.54) is 16.3 Å². The highest BCUT2D eigenvalue weighted by molar-refractivity contribution is 7.99. The van der Waals surface area contributed by atoms with Crippen LogP contribution >= 0.6 is 11.8 Å². The zero-order valence-corrected chi connectivity index (χ0v) is 13.7. The number of primary amides is 1. The molecule has 1 aromatic heterocycles. The Hall–Kier alpha value is -2.39. The first kappa shape index (κ1) is 18.0. The van der Waals surface area contributed by atoms with Crippen LogP contribution in [0.1, 0.15) is 12.8 Å². The van der Waals surface area contributed by atoms with Crippen molar-refractivity contribution < 1.29 is 14.7 Å². The Morgan fingerprint density at radius 2 is 2.08 bits per heavy atom. The number of imide groups is 1. The zero-order valence-electron chi connectivity index (χ0n) is 12.9. The lowest BCUT2D eigenvalue weighted by Crippen LogP contribution is -2.35. The van der Waals surface area contributed by atoms with E-state index < -0.39 is 11.9 Å². The van der Waals surface area contributed by atoms with Gasteiger partial charge < -0.3 is 10.8 Å². The number of hydrogen-bond donors (Lipinski definition) is 3. The average Bonchev–Trinajstić information content (AvgIpc) is 2.54. The van der Waals surface area contributed by atoms with E-state index >= 15 is 0 Å². The third kappa shape index (κ3) is 4.56. The van der Waals surface area contributed by atoms with Crippen molar-refractivity contribution in [2.24, 2.45) is 5.73 Å². The highest BCUT2D eigenvalue weighted by Gasteiger charge is 2.12. The molecule has 0 aliphatic rings. The Bertz CT molecular complexity index is 806. The molecule has 0 aliphatic heterocycles. The fourth-order valence-corrected chi connectivity index (χ4v) is 3.08. The van der Waals surface area contributed by atoms with Crippen LogP contribution in [0.5, 0.6) is 0 Å². The van der Waals surface area contributed by atoms with E-state index in [2.05, 4.69) is 4.98 Å². The minimum absolute atomic E-state index is 0.0373. The number of aliphatic hydroxyl groups excluding tert-OH is 1. The molecule has 2 rings (SSSR count). The maximum absolute atomic E-state index is 12.6. The molecule has 3 amide bonds. The third-order valence-electron chi connectivity index (χ3n) is 3.19. The van der Waals surface area contributed by atoms with Crippen molar-refractivity contribution in [3.63, 3.8) is 0 Å². The van der Waals surface area contributed by atoms with Crippen LogP contribution in [0.25, 0.3) is 10.9 Å². The molecule has 0 atom stereocenters. The number of rotatable bonds is 7. The van der Waals surface area contributed by atoms with Gasteiger partial charge in [-0.15, -0.1) is 0 Å². The van der Waals surface area contributed by atoms with Crippen molar-refractivity contribution >= 4 is 34.6 Å². The number of nitrogens with two attached hydrogens (primary N) is 1. The van der Waals surface area contributed by atoms with Crippen LogP contribution < -0.4 is 16.6 Å². The van der Waals surface area contributed by atoms with Crippen molar-refractivity contribution in [3.8, 4) is 0 Å². The van der Waals surface area contributed by atoms with Gasteiger partial charge >= 0.3 is 6.03 Å². The summed E-state index contributed by atoms with van der Waals surface area (Å²) in [7, 11) is 0. The number of nitrogens with zero attached hydrogens (tertiary/aromatic N) is 2. The second-order valence-electron chi connectivity index (χ2n) is 4.96. The van der Waals surface area contributed by atoms with Crippen LogP contribution in [-0.4, -0.2) is 39.0 Å². The molecule has 0 saturated carbocycles. The number of nitrogens with one attached hydrogen (secondary N) is 1. The Balaban J connectivity index is 2.22. The van der Waals surface area contributed by atoms with E-state index in [0.29, 0.717) is 34.8 Å². The van der Waals surface area contributed by atoms with Gasteiger partial charge in [-0.3, -0.25) is 19.5 Å². The highest BCUT2D eigenvalue weighted by Crippen LogP contribution is 2.18. The number of aromatic nitrogens is 2. The van der Waals surface area contributed by atoms with Gasteiger partial charge in [-0.05, 0) is 18.6 Å². The third-order valence-corrected chi connectivity index (χ3v) is 4.17. The maximum Gasteiger partial charge on any atom is 0.318 e. The lowest BCUT2D eigenvalue weighted by Gasteiger charge is -2.12. The standard InChI is InChI=1S/C15H18N4O4S/c16-14(23)18-12(21)6-9-24-15-17-11-5-2-1-4-10(11)13(22)19(15)7-3-8-20/h1-2,4-5,20H,3,6-9H2,(H3,16,18,21,23). The van der Waals surface area contributed by atoms with Gasteiger partial charge in [0.25, 0.3) is 5.56 Å². The molecule has 1 aromatic carbocycles. The largest absolute Gasteiger partial charge is 0.396 e. The first-order valence-electron chi connectivity index (χ1n) is 7.35. The molecule has 24 heavy (non-hydrogen) atoms. The summed E-state index contributed by atoms with van der Waals surface area (Å²) in [5, 5.41) is 12.0. The Labute approximate surface area is 142 Å². The highest BCUT2D eigenvalue weighted by atomic mass is 32.2. The van der Waals surface area contributed by atoms with Crippen LogP contribution in [0.3, 0.4) is 0 Å². The molecule has 0 radical (unpaired) electrons. The first-order valence-corrected chi connectivity index (χ1v) is 8.34. The van der Waals surface area contributed by atoms with Crippen LogP contribution in [0.2, 0.25) is 0 Å². The van der Waals surface area contributed by atoms with Crippen LogP contribution in [0.15, 0.2) is 34.2 Å². The summed E-state index contributed by atoms with van der Waals surface area (Å²) in [6.45, 7) is 0.299. The van der Waals surface area contributed by atoms with Gasteiger partial charge in [0.2, 0.25) is 5.91 Å². The van der Waals surface area contributed by atoms with Crippen molar-refractivity contribution in [2.75, 3.05) is 12.4 Å². The molecule has 128 valence electrons.